The van der Waals surface area contributed by atoms with Crippen LogP contribution in [0.15, 0.2) is 121 Å². The molecule has 6 aromatic carbocycles. The summed E-state index contributed by atoms with van der Waals surface area (Å²) in [4.78, 5) is 0. The molecule has 0 heterocycles. The Bertz CT molecular complexity index is 1660. The van der Waals surface area contributed by atoms with Crippen molar-refractivity contribution in [1.82, 2.24) is 5.32 Å². The zero-order valence-electron chi connectivity index (χ0n) is 20.5. The first-order valence-electron chi connectivity index (χ1n) is 12.7. The number of rotatable bonds is 7. The lowest BCUT2D eigenvalue weighted by Crippen LogP contribution is -2.16. The van der Waals surface area contributed by atoms with Gasteiger partial charge in [-0.15, -0.1) is 0 Å². The first-order chi connectivity index (χ1) is 17.8. The van der Waals surface area contributed by atoms with E-state index in [1.54, 1.807) is 0 Å². The molecule has 0 radical (unpaired) electrons. The van der Waals surface area contributed by atoms with Crippen molar-refractivity contribution in [2.75, 3.05) is 5.32 Å². The molecule has 0 fully saturated rings. The van der Waals surface area contributed by atoms with Gasteiger partial charge in [0.15, 0.2) is 0 Å². The summed E-state index contributed by atoms with van der Waals surface area (Å²) in [5.74, 6) is 0. The molecule has 0 spiro atoms. The Morgan fingerprint density at radius 3 is 1.83 bits per heavy atom. The van der Waals surface area contributed by atoms with Crippen molar-refractivity contribution in [2.24, 2.45) is 0 Å². The van der Waals surface area contributed by atoms with Gasteiger partial charge in [0.2, 0.25) is 0 Å². The van der Waals surface area contributed by atoms with E-state index in [-0.39, 0.29) is 6.04 Å². The van der Waals surface area contributed by atoms with Gasteiger partial charge in [-0.25, -0.2) is 0 Å². The van der Waals surface area contributed by atoms with Gasteiger partial charge in [0.1, 0.15) is 0 Å². The van der Waals surface area contributed by atoms with Crippen molar-refractivity contribution in [2.45, 2.75) is 26.1 Å². The molecule has 0 amide bonds. The van der Waals surface area contributed by atoms with E-state index in [4.69, 9.17) is 0 Å². The SMILES string of the molecule is C[C@H](Nc1c(CNCc2cccc3ccccc23)ccc2ccccc12)c1cccc2ccccc12. The van der Waals surface area contributed by atoms with Crippen LogP contribution in [0.5, 0.6) is 0 Å². The molecule has 1 atom stereocenters. The second-order valence-corrected chi connectivity index (χ2v) is 9.50. The van der Waals surface area contributed by atoms with Crippen molar-refractivity contribution in [3.63, 3.8) is 0 Å². The lowest BCUT2D eigenvalue weighted by molar-refractivity contribution is 0.696. The number of anilines is 1. The van der Waals surface area contributed by atoms with Crippen LogP contribution in [0.25, 0.3) is 32.3 Å². The van der Waals surface area contributed by atoms with Crippen molar-refractivity contribution < 1.29 is 0 Å². The minimum absolute atomic E-state index is 0.165. The molecular formula is C34H30N2. The largest absolute Gasteiger partial charge is 0.378 e. The van der Waals surface area contributed by atoms with Crippen LogP contribution in [0.4, 0.5) is 5.69 Å². The van der Waals surface area contributed by atoms with Gasteiger partial charge < -0.3 is 10.6 Å². The molecule has 0 saturated heterocycles. The molecule has 2 heteroatoms. The summed E-state index contributed by atoms with van der Waals surface area (Å²) in [6.45, 7) is 3.88. The van der Waals surface area contributed by atoms with Gasteiger partial charge in [0, 0.05) is 30.2 Å². The number of benzene rings is 6. The van der Waals surface area contributed by atoms with Crippen LogP contribution in [0.2, 0.25) is 0 Å². The zero-order chi connectivity index (χ0) is 24.3. The Kier molecular flexibility index (Phi) is 6.11. The number of nitrogens with one attached hydrogen (secondary N) is 2. The molecule has 0 saturated carbocycles. The zero-order valence-corrected chi connectivity index (χ0v) is 20.5. The fourth-order valence-corrected chi connectivity index (χ4v) is 5.34. The summed E-state index contributed by atoms with van der Waals surface area (Å²) in [6.07, 6.45) is 0. The van der Waals surface area contributed by atoms with Gasteiger partial charge in [-0.2, -0.15) is 0 Å². The molecule has 0 aliphatic heterocycles. The van der Waals surface area contributed by atoms with E-state index in [2.05, 4.69) is 139 Å². The molecule has 0 unspecified atom stereocenters. The van der Waals surface area contributed by atoms with Gasteiger partial charge in [-0.05, 0) is 50.5 Å². The quantitative estimate of drug-likeness (QED) is 0.246. The van der Waals surface area contributed by atoms with E-state index >= 15 is 0 Å². The lowest BCUT2D eigenvalue weighted by Gasteiger charge is -2.22. The molecule has 0 aliphatic rings. The maximum Gasteiger partial charge on any atom is 0.0492 e. The average Bonchev–Trinajstić information content (AvgIpc) is 2.94. The van der Waals surface area contributed by atoms with E-state index in [1.807, 2.05) is 0 Å². The van der Waals surface area contributed by atoms with E-state index in [9.17, 15) is 0 Å². The Morgan fingerprint density at radius 2 is 1.06 bits per heavy atom. The van der Waals surface area contributed by atoms with E-state index in [0.717, 1.165) is 13.1 Å². The maximum absolute atomic E-state index is 3.90. The number of hydrogen-bond donors (Lipinski definition) is 2. The highest BCUT2D eigenvalue weighted by atomic mass is 14.9. The highest BCUT2D eigenvalue weighted by molar-refractivity contribution is 5.96. The molecule has 36 heavy (non-hydrogen) atoms. The Hall–Kier alpha value is -4.14. The van der Waals surface area contributed by atoms with Gasteiger partial charge in [0.25, 0.3) is 0 Å². The summed E-state index contributed by atoms with van der Waals surface area (Å²) in [6, 6.07) is 43.7. The summed E-state index contributed by atoms with van der Waals surface area (Å²) >= 11 is 0. The fourth-order valence-electron chi connectivity index (χ4n) is 5.34. The summed E-state index contributed by atoms with van der Waals surface area (Å²) in [5.41, 5.74) is 5.13. The van der Waals surface area contributed by atoms with Crippen molar-refractivity contribution in [3.05, 3.63) is 138 Å². The smallest absolute Gasteiger partial charge is 0.0492 e. The highest BCUT2D eigenvalue weighted by Crippen LogP contribution is 2.33. The minimum atomic E-state index is 0.165. The molecule has 0 bridgehead atoms. The molecule has 0 aliphatic carbocycles. The molecule has 6 rings (SSSR count). The second-order valence-electron chi connectivity index (χ2n) is 9.50. The topological polar surface area (TPSA) is 24.1 Å². The van der Waals surface area contributed by atoms with Gasteiger partial charge >= 0.3 is 0 Å². The highest BCUT2D eigenvalue weighted by Gasteiger charge is 2.14. The van der Waals surface area contributed by atoms with Crippen LogP contribution in [-0.4, -0.2) is 0 Å². The first kappa shape index (κ1) is 22.3. The summed E-state index contributed by atoms with van der Waals surface area (Å²) in [5, 5.41) is 15.3. The fraction of sp³-hybridized carbons (Fsp3) is 0.118. The third-order valence-electron chi connectivity index (χ3n) is 7.18. The van der Waals surface area contributed by atoms with E-state index in [1.165, 1.54) is 54.7 Å². The molecule has 0 aromatic heterocycles. The lowest BCUT2D eigenvalue weighted by atomic mass is 9.98. The van der Waals surface area contributed by atoms with Gasteiger partial charge in [0.05, 0.1) is 0 Å². The van der Waals surface area contributed by atoms with Crippen LogP contribution >= 0.6 is 0 Å². The van der Waals surface area contributed by atoms with Crippen molar-refractivity contribution in [1.29, 1.82) is 0 Å². The molecule has 2 N–H and O–H groups in total. The van der Waals surface area contributed by atoms with E-state index in [0.29, 0.717) is 0 Å². The van der Waals surface area contributed by atoms with Crippen LogP contribution < -0.4 is 10.6 Å². The van der Waals surface area contributed by atoms with Crippen LogP contribution in [0.1, 0.15) is 29.7 Å². The first-order valence-corrected chi connectivity index (χ1v) is 12.7. The second kappa shape index (κ2) is 9.85. The van der Waals surface area contributed by atoms with Gasteiger partial charge in [-0.1, -0.05) is 121 Å². The predicted octanol–water partition coefficient (Wildman–Crippen LogP) is 8.61. The van der Waals surface area contributed by atoms with Gasteiger partial charge in [-0.3, -0.25) is 0 Å². The normalized spacial score (nSPS) is 12.2. The number of fused-ring (bicyclic) bond motifs is 3. The van der Waals surface area contributed by atoms with Crippen LogP contribution in [-0.2, 0) is 13.1 Å². The molecular weight excluding hydrogens is 436 g/mol. The third-order valence-corrected chi connectivity index (χ3v) is 7.18. The van der Waals surface area contributed by atoms with Crippen LogP contribution in [0.3, 0.4) is 0 Å². The van der Waals surface area contributed by atoms with Crippen LogP contribution in [0, 0.1) is 0 Å². The number of hydrogen-bond acceptors (Lipinski definition) is 2. The van der Waals surface area contributed by atoms with Crippen molar-refractivity contribution >= 4 is 38.0 Å². The van der Waals surface area contributed by atoms with E-state index < -0.39 is 0 Å². The van der Waals surface area contributed by atoms with Crippen molar-refractivity contribution in [3.8, 4) is 0 Å². The maximum atomic E-state index is 3.90. The monoisotopic (exact) mass is 466 g/mol. The molecule has 6 aromatic rings. The Labute approximate surface area is 212 Å². The predicted molar refractivity (Wildman–Crippen MR) is 154 cm³/mol. The Morgan fingerprint density at radius 1 is 0.500 bits per heavy atom. The summed E-state index contributed by atoms with van der Waals surface area (Å²) < 4.78 is 0. The molecule has 2 nitrogen and oxygen atoms in total. The molecule has 176 valence electrons. The minimum Gasteiger partial charge on any atom is -0.378 e. The standard InChI is InChI=1S/C34H30N2/c1-24(30-19-9-14-26-11-3-6-17-32(26)30)36-34-29(21-20-27-12-4-7-18-33(27)34)23-35-22-28-15-8-13-25-10-2-5-16-31(25)28/h2-21,24,35-36H,22-23H2,1H3/t24-/m0/s1. The third kappa shape index (κ3) is 4.32. The Balaban J connectivity index is 1.31. The summed E-state index contributed by atoms with van der Waals surface area (Å²) in [7, 11) is 0. The average molecular weight is 467 g/mol.